The molecule has 0 bridgehead atoms. The second-order valence-electron chi connectivity index (χ2n) is 6.94. The average molecular weight is 281 g/mol. The molecular formula is C15H28OSi2. The molecule has 0 fully saturated rings. The summed E-state index contributed by atoms with van der Waals surface area (Å²) in [4.78, 5) is 0. The summed E-state index contributed by atoms with van der Waals surface area (Å²) < 4.78 is 6.43. The van der Waals surface area contributed by atoms with E-state index in [0.717, 1.165) is 0 Å². The molecule has 1 nitrogen and oxygen atoms in total. The van der Waals surface area contributed by atoms with E-state index < -0.39 is 16.6 Å². The number of aryl methyl sites for hydroxylation is 1. The fourth-order valence-electron chi connectivity index (χ4n) is 2.86. The van der Waals surface area contributed by atoms with E-state index in [9.17, 15) is 0 Å². The van der Waals surface area contributed by atoms with E-state index in [2.05, 4.69) is 70.8 Å². The first kappa shape index (κ1) is 15.7. The van der Waals surface area contributed by atoms with Crippen molar-refractivity contribution < 1.29 is 4.12 Å². The summed E-state index contributed by atoms with van der Waals surface area (Å²) in [7, 11) is -2.96. The van der Waals surface area contributed by atoms with Crippen LogP contribution in [0.3, 0.4) is 0 Å². The van der Waals surface area contributed by atoms with Crippen LogP contribution in [0.15, 0.2) is 24.3 Å². The van der Waals surface area contributed by atoms with Gasteiger partial charge in [0, 0.05) is 0 Å². The summed E-state index contributed by atoms with van der Waals surface area (Å²) in [5, 5.41) is 0. The molecular weight excluding hydrogens is 252 g/mol. The lowest BCUT2D eigenvalue weighted by Crippen LogP contribution is -2.42. The van der Waals surface area contributed by atoms with Gasteiger partial charge in [0.1, 0.15) is 0 Å². The van der Waals surface area contributed by atoms with Crippen molar-refractivity contribution in [3.05, 3.63) is 35.4 Å². The summed E-state index contributed by atoms with van der Waals surface area (Å²) in [6.45, 7) is 16.1. The topological polar surface area (TPSA) is 9.23 Å². The number of hydrogen-bond acceptors (Lipinski definition) is 1. The molecule has 1 unspecified atom stereocenters. The standard InChI is InChI=1S/C15H28OSi2/c1-13-10-8-9-11-15(13)14(2)12-18(6,7)16-17(3,4)5/h8-11,14H,12H2,1-7H3. The zero-order valence-corrected chi connectivity index (χ0v) is 15.0. The Bertz CT molecular complexity index is 394. The van der Waals surface area contributed by atoms with Crippen molar-refractivity contribution >= 4 is 16.6 Å². The highest BCUT2D eigenvalue weighted by molar-refractivity contribution is 6.84. The Morgan fingerprint density at radius 3 is 2.11 bits per heavy atom. The lowest BCUT2D eigenvalue weighted by Gasteiger charge is -2.33. The van der Waals surface area contributed by atoms with Crippen LogP contribution >= 0.6 is 0 Å². The van der Waals surface area contributed by atoms with Gasteiger partial charge in [-0.2, -0.15) is 0 Å². The van der Waals surface area contributed by atoms with Gasteiger partial charge in [-0.1, -0.05) is 31.2 Å². The first-order chi connectivity index (χ1) is 8.11. The van der Waals surface area contributed by atoms with Crippen LogP contribution < -0.4 is 0 Å². The van der Waals surface area contributed by atoms with Crippen LogP contribution in [-0.2, 0) is 4.12 Å². The van der Waals surface area contributed by atoms with E-state index in [0.29, 0.717) is 5.92 Å². The number of hydrogen-bond donors (Lipinski definition) is 0. The number of rotatable bonds is 5. The van der Waals surface area contributed by atoms with Crippen LogP contribution in [-0.4, -0.2) is 16.6 Å². The van der Waals surface area contributed by atoms with Crippen molar-refractivity contribution in [3.63, 3.8) is 0 Å². The summed E-state index contributed by atoms with van der Waals surface area (Å²) in [5.41, 5.74) is 2.89. The first-order valence-electron chi connectivity index (χ1n) is 6.86. The van der Waals surface area contributed by atoms with Gasteiger partial charge < -0.3 is 4.12 Å². The molecule has 0 radical (unpaired) electrons. The molecule has 1 aromatic rings. The Kier molecular flexibility index (Phi) is 4.98. The van der Waals surface area contributed by atoms with E-state index >= 15 is 0 Å². The largest absolute Gasteiger partial charge is 0.456 e. The van der Waals surface area contributed by atoms with Crippen molar-refractivity contribution in [1.82, 2.24) is 0 Å². The highest BCUT2D eigenvalue weighted by atomic mass is 28.4. The Hall–Kier alpha value is -0.386. The van der Waals surface area contributed by atoms with Gasteiger partial charge in [-0.05, 0) is 62.7 Å². The van der Waals surface area contributed by atoms with E-state index in [1.165, 1.54) is 17.2 Å². The molecule has 0 aliphatic rings. The molecule has 0 amide bonds. The van der Waals surface area contributed by atoms with Crippen molar-refractivity contribution in [2.75, 3.05) is 0 Å². The molecule has 102 valence electrons. The fourth-order valence-corrected chi connectivity index (χ4v) is 11.5. The third kappa shape index (κ3) is 5.08. The Balaban J connectivity index is 2.76. The Morgan fingerprint density at radius 1 is 1.06 bits per heavy atom. The molecule has 1 atom stereocenters. The van der Waals surface area contributed by atoms with Gasteiger partial charge in [-0.3, -0.25) is 0 Å². The van der Waals surface area contributed by atoms with E-state index in [1.54, 1.807) is 0 Å². The smallest absolute Gasteiger partial charge is 0.174 e. The van der Waals surface area contributed by atoms with Crippen LogP contribution in [0.1, 0.15) is 24.0 Å². The van der Waals surface area contributed by atoms with Crippen molar-refractivity contribution in [1.29, 1.82) is 0 Å². The summed E-state index contributed by atoms with van der Waals surface area (Å²) in [5.74, 6) is 0.601. The average Bonchev–Trinajstić information content (AvgIpc) is 2.12. The minimum atomic E-state index is -1.55. The zero-order valence-electron chi connectivity index (χ0n) is 13.0. The van der Waals surface area contributed by atoms with Gasteiger partial charge in [0.05, 0.1) is 0 Å². The Labute approximate surface area is 115 Å². The molecule has 0 aliphatic carbocycles. The highest BCUT2D eigenvalue weighted by Crippen LogP contribution is 2.30. The van der Waals surface area contributed by atoms with Crippen LogP contribution in [0.4, 0.5) is 0 Å². The Morgan fingerprint density at radius 2 is 1.61 bits per heavy atom. The fraction of sp³-hybridized carbons (Fsp3) is 0.600. The highest BCUT2D eigenvalue weighted by Gasteiger charge is 2.31. The van der Waals surface area contributed by atoms with Gasteiger partial charge in [-0.25, -0.2) is 0 Å². The van der Waals surface area contributed by atoms with Crippen molar-refractivity contribution in [2.24, 2.45) is 0 Å². The maximum atomic E-state index is 6.43. The van der Waals surface area contributed by atoms with Gasteiger partial charge in [0.25, 0.3) is 0 Å². The zero-order chi connectivity index (χ0) is 14.0. The van der Waals surface area contributed by atoms with Crippen molar-refractivity contribution in [3.8, 4) is 0 Å². The lowest BCUT2D eigenvalue weighted by atomic mass is 9.98. The van der Waals surface area contributed by atoms with Gasteiger partial charge in [-0.15, -0.1) is 0 Å². The molecule has 18 heavy (non-hydrogen) atoms. The normalized spacial score (nSPS) is 14.6. The molecule has 0 aromatic heterocycles. The number of benzene rings is 1. The molecule has 0 N–H and O–H groups in total. The molecule has 0 saturated heterocycles. The van der Waals surface area contributed by atoms with Crippen molar-refractivity contribution in [2.45, 2.75) is 58.5 Å². The second-order valence-corrected chi connectivity index (χ2v) is 15.9. The SMILES string of the molecule is Cc1ccccc1C(C)C[Si](C)(C)O[Si](C)(C)C. The molecule has 0 aliphatic heterocycles. The summed E-state index contributed by atoms with van der Waals surface area (Å²) >= 11 is 0. The second kappa shape index (κ2) is 5.72. The van der Waals surface area contributed by atoms with Crippen LogP contribution in [0.5, 0.6) is 0 Å². The molecule has 1 rings (SSSR count). The molecule has 1 aromatic carbocycles. The third-order valence-corrected chi connectivity index (χ3v) is 9.35. The minimum absolute atomic E-state index is 0.601. The van der Waals surface area contributed by atoms with Gasteiger partial charge in [0.15, 0.2) is 16.6 Å². The van der Waals surface area contributed by atoms with Crippen LogP contribution in [0, 0.1) is 6.92 Å². The van der Waals surface area contributed by atoms with Crippen LogP contribution in [0.2, 0.25) is 38.8 Å². The molecule has 0 spiro atoms. The van der Waals surface area contributed by atoms with E-state index in [1.807, 2.05) is 0 Å². The van der Waals surface area contributed by atoms with Crippen LogP contribution in [0.25, 0.3) is 0 Å². The maximum absolute atomic E-state index is 6.43. The van der Waals surface area contributed by atoms with Gasteiger partial charge in [0.2, 0.25) is 0 Å². The maximum Gasteiger partial charge on any atom is 0.174 e. The predicted octanol–water partition coefficient (Wildman–Crippen LogP) is 5.16. The molecule has 3 heteroatoms. The van der Waals surface area contributed by atoms with Gasteiger partial charge >= 0.3 is 0 Å². The van der Waals surface area contributed by atoms with E-state index in [-0.39, 0.29) is 0 Å². The third-order valence-electron chi connectivity index (χ3n) is 3.10. The monoisotopic (exact) mass is 280 g/mol. The predicted molar refractivity (Wildman–Crippen MR) is 86.3 cm³/mol. The molecule has 0 heterocycles. The van der Waals surface area contributed by atoms with E-state index in [4.69, 9.17) is 4.12 Å². The lowest BCUT2D eigenvalue weighted by molar-refractivity contribution is 0.539. The minimum Gasteiger partial charge on any atom is -0.456 e. The molecule has 0 saturated carbocycles. The first-order valence-corrected chi connectivity index (χ1v) is 13.4. The quantitative estimate of drug-likeness (QED) is 0.677. The summed E-state index contributed by atoms with van der Waals surface area (Å²) in [6, 6.07) is 9.94. The summed E-state index contributed by atoms with van der Waals surface area (Å²) in [6.07, 6.45) is 0.